The smallest absolute Gasteiger partial charge is 0.264 e. The van der Waals surface area contributed by atoms with Crippen molar-refractivity contribution in [3.05, 3.63) is 137 Å². The summed E-state index contributed by atoms with van der Waals surface area (Å²) in [6.07, 6.45) is 2.87. The SMILES string of the molecule is Cc1cc(S(=O)(=O)c2ccccc2)ccc1-c1cc2cnc(Nc3ccc(C4CCN(C)C4)cc3)nc2n(-c2ccccc2)c1=O. The molecule has 2 aromatic heterocycles. The first-order valence-corrected chi connectivity index (χ1v) is 16.7. The summed E-state index contributed by atoms with van der Waals surface area (Å²) in [7, 11) is -1.55. The summed E-state index contributed by atoms with van der Waals surface area (Å²) in [4.78, 5) is 26.4. The lowest BCUT2D eigenvalue weighted by Gasteiger charge is -2.15. The fourth-order valence-corrected chi connectivity index (χ4v) is 7.55. The summed E-state index contributed by atoms with van der Waals surface area (Å²) in [5, 5.41) is 3.98. The van der Waals surface area contributed by atoms with Crippen LogP contribution in [0.4, 0.5) is 11.6 Å². The van der Waals surface area contributed by atoms with Crippen LogP contribution >= 0.6 is 0 Å². The topological polar surface area (TPSA) is 97.2 Å². The maximum Gasteiger partial charge on any atom is 0.264 e. The van der Waals surface area contributed by atoms with Crippen molar-refractivity contribution < 1.29 is 8.42 Å². The summed E-state index contributed by atoms with van der Waals surface area (Å²) in [5.41, 5.74) is 4.77. The van der Waals surface area contributed by atoms with E-state index >= 15 is 0 Å². The lowest BCUT2D eigenvalue weighted by molar-refractivity contribution is 0.411. The normalized spacial score (nSPS) is 15.3. The lowest BCUT2D eigenvalue weighted by atomic mass is 9.98. The Hall–Kier alpha value is -5.12. The number of likely N-dealkylation sites (tertiary alicyclic amines) is 1. The van der Waals surface area contributed by atoms with Crippen molar-refractivity contribution in [3.63, 3.8) is 0 Å². The third-order valence-electron chi connectivity index (χ3n) is 8.64. The second-order valence-electron chi connectivity index (χ2n) is 11.8. The van der Waals surface area contributed by atoms with Gasteiger partial charge >= 0.3 is 0 Å². The zero-order valence-electron chi connectivity index (χ0n) is 25.6. The molecule has 0 saturated carbocycles. The van der Waals surface area contributed by atoms with Gasteiger partial charge in [0, 0.05) is 29.4 Å². The molecule has 0 bridgehead atoms. The molecule has 230 valence electrons. The number of nitrogens with one attached hydrogen (secondary N) is 1. The van der Waals surface area contributed by atoms with Crippen LogP contribution in [0.1, 0.15) is 23.5 Å². The molecule has 6 aromatic rings. The van der Waals surface area contributed by atoms with Crippen LogP contribution in [0.5, 0.6) is 0 Å². The van der Waals surface area contributed by atoms with E-state index in [1.807, 2.05) is 49.4 Å². The minimum atomic E-state index is -3.71. The molecule has 1 atom stereocenters. The van der Waals surface area contributed by atoms with E-state index < -0.39 is 9.84 Å². The third-order valence-corrected chi connectivity index (χ3v) is 10.4. The van der Waals surface area contributed by atoms with Gasteiger partial charge in [0.1, 0.15) is 0 Å². The number of hydrogen-bond acceptors (Lipinski definition) is 7. The van der Waals surface area contributed by atoms with Crippen molar-refractivity contribution >= 4 is 32.5 Å². The van der Waals surface area contributed by atoms with Gasteiger partial charge in [0.05, 0.1) is 15.5 Å². The van der Waals surface area contributed by atoms with Crippen molar-refractivity contribution in [1.82, 2.24) is 19.4 Å². The van der Waals surface area contributed by atoms with Crippen molar-refractivity contribution in [2.24, 2.45) is 0 Å². The van der Waals surface area contributed by atoms with Gasteiger partial charge in [-0.15, -0.1) is 0 Å². The van der Waals surface area contributed by atoms with Crippen LogP contribution in [0.3, 0.4) is 0 Å². The number of fused-ring (bicyclic) bond motifs is 1. The number of sulfone groups is 1. The molecule has 0 amide bonds. The first-order valence-electron chi connectivity index (χ1n) is 15.2. The Labute approximate surface area is 267 Å². The fourth-order valence-electron chi connectivity index (χ4n) is 6.18. The highest BCUT2D eigenvalue weighted by atomic mass is 32.2. The van der Waals surface area contributed by atoms with Gasteiger partial charge in [-0.3, -0.25) is 9.36 Å². The van der Waals surface area contributed by atoms with E-state index in [-0.39, 0.29) is 15.4 Å². The number of rotatable bonds is 7. The Bertz CT molecular complexity index is 2220. The Kier molecular flexibility index (Phi) is 7.72. The van der Waals surface area contributed by atoms with Gasteiger partial charge in [-0.2, -0.15) is 4.98 Å². The molecule has 3 heterocycles. The number of nitrogens with zero attached hydrogens (tertiary/aromatic N) is 4. The van der Waals surface area contributed by atoms with Gasteiger partial charge in [0.2, 0.25) is 15.8 Å². The molecule has 0 aliphatic carbocycles. The Morgan fingerprint density at radius 3 is 2.22 bits per heavy atom. The van der Waals surface area contributed by atoms with Crippen LogP contribution in [-0.4, -0.2) is 48.0 Å². The van der Waals surface area contributed by atoms with E-state index in [1.165, 1.54) is 5.56 Å². The van der Waals surface area contributed by atoms with Crippen LogP contribution in [0.15, 0.2) is 130 Å². The molecular formula is C37H33N5O3S. The molecule has 1 aliphatic heterocycles. The van der Waals surface area contributed by atoms with Gasteiger partial charge in [-0.25, -0.2) is 13.4 Å². The molecule has 1 fully saturated rings. The minimum absolute atomic E-state index is 0.173. The van der Waals surface area contributed by atoms with Gasteiger partial charge in [0.25, 0.3) is 5.56 Å². The molecule has 1 saturated heterocycles. The summed E-state index contributed by atoms with van der Waals surface area (Å²) < 4.78 is 28.1. The highest BCUT2D eigenvalue weighted by Gasteiger charge is 2.22. The summed E-state index contributed by atoms with van der Waals surface area (Å²) >= 11 is 0. The van der Waals surface area contributed by atoms with Crippen LogP contribution in [0, 0.1) is 6.92 Å². The first kappa shape index (κ1) is 29.6. The third kappa shape index (κ3) is 5.59. The first-order chi connectivity index (χ1) is 22.3. The molecule has 0 spiro atoms. The zero-order chi connectivity index (χ0) is 31.8. The van der Waals surface area contributed by atoms with Gasteiger partial charge in [-0.05, 0) is 104 Å². The van der Waals surface area contributed by atoms with Crippen molar-refractivity contribution in [3.8, 4) is 16.8 Å². The van der Waals surface area contributed by atoms with E-state index in [0.717, 1.165) is 25.2 Å². The van der Waals surface area contributed by atoms with Crippen molar-refractivity contribution in [1.29, 1.82) is 0 Å². The number of aromatic nitrogens is 3. The Morgan fingerprint density at radius 1 is 0.826 bits per heavy atom. The van der Waals surface area contributed by atoms with Crippen LogP contribution < -0.4 is 10.9 Å². The van der Waals surface area contributed by atoms with E-state index in [2.05, 4.69) is 34.4 Å². The van der Waals surface area contributed by atoms with Gasteiger partial charge in [-0.1, -0.05) is 54.6 Å². The Balaban J connectivity index is 1.28. The minimum Gasteiger partial charge on any atom is -0.324 e. The summed E-state index contributed by atoms with van der Waals surface area (Å²) in [5.74, 6) is 0.919. The number of hydrogen-bond donors (Lipinski definition) is 1. The average molecular weight is 628 g/mol. The monoisotopic (exact) mass is 627 g/mol. The molecule has 9 heteroatoms. The number of para-hydroxylation sites is 1. The van der Waals surface area contributed by atoms with Crippen LogP contribution in [-0.2, 0) is 9.84 Å². The molecule has 7 rings (SSSR count). The predicted octanol–water partition coefficient (Wildman–Crippen LogP) is 6.75. The summed E-state index contributed by atoms with van der Waals surface area (Å²) in [6.45, 7) is 3.99. The van der Waals surface area contributed by atoms with Crippen molar-refractivity contribution in [2.45, 2.75) is 29.1 Å². The standard InChI is InChI=1S/C37H33N5O3S/c1-25-21-32(46(44,45)31-11-7-4-8-12-31)17-18-33(25)34-22-28-23-38-37(40-35(28)42(36(34)43)30-9-5-3-6-10-30)39-29-15-13-26(14-16-29)27-19-20-41(2)24-27/h3-18,21-23,27H,19-20,24H2,1-2H3,(H,38,39,40). The number of benzene rings is 4. The quantitative estimate of drug-likeness (QED) is 0.209. The van der Waals surface area contributed by atoms with E-state index in [4.69, 9.17) is 4.98 Å². The summed E-state index contributed by atoms with van der Waals surface area (Å²) in [6, 6.07) is 32.7. The predicted molar refractivity (Wildman–Crippen MR) is 182 cm³/mol. The van der Waals surface area contributed by atoms with Gasteiger partial charge < -0.3 is 10.2 Å². The molecule has 8 nitrogen and oxygen atoms in total. The molecule has 1 unspecified atom stereocenters. The highest BCUT2D eigenvalue weighted by Crippen LogP contribution is 2.30. The number of pyridine rings is 1. The second-order valence-corrected chi connectivity index (χ2v) is 13.7. The zero-order valence-corrected chi connectivity index (χ0v) is 26.4. The average Bonchev–Trinajstić information content (AvgIpc) is 3.52. The van der Waals surface area contributed by atoms with E-state index in [9.17, 15) is 13.2 Å². The van der Waals surface area contributed by atoms with Gasteiger partial charge in [0.15, 0.2) is 5.65 Å². The lowest BCUT2D eigenvalue weighted by Crippen LogP contribution is -2.22. The van der Waals surface area contributed by atoms with E-state index in [1.54, 1.807) is 65.4 Å². The number of anilines is 2. The van der Waals surface area contributed by atoms with Crippen LogP contribution in [0.2, 0.25) is 0 Å². The molecule has 4 aromatic carbocycles. The molecule has 46 heavy (non-hydrogen) atoms. The molecule has 1 aliphatic rings. The van der Waals surface area contributed by atoms with Crippen LogP contribution in [0.25, 0.3) is 27.8 Å². The second kappa shape index (κ2) is 12.0. The number of aryl methyl sites for hydroxylation is 1. The number of likely N-dealkylation sites (N-methyl/N-ethyl adjacent to an activating group) is 1. The maximum atomic E-state index is 14.3. The van der Waals surface area contributed by atoms with E-state index in [0.29, 0.717) is 45.3 Å². The molecule has 0 radical (unpaired) electrons. The highest BCUT2D eigenvalue weighted by molar-refractivity contribution is 7.91. The maximum absolute atomic E-state index is 14.3. The molecular weight excluding hydrogens is 595 g/mol. The molecule has 1 N–H and O–H groups in total. The van der Waals surface area contributed by atoms with Crippen molar-refractivity contribution in [2.75, 3.05) is 25.5 Å². The largest absolute Gasteiger partial charge is 0.324 e. The Morgan fingerprint density at radius 2 is 1.54 bits per heavy atom. The fraction of sp³-hybridized carbons (Fsp3) is 0.162.